The summed E-state index contributed by atoms with van der Waals surface area (Å²) in [5.74, 6) is -3.64. The largest absolute Gasteiger partial charge is 0.488 e. The van der Waals surface area contributed by atoms with Crippen LogP contribution in [0, 0.1) is 18.2 Å². The molecule has 0 N–H and O–H groups in total. The van der Waals surface area contributed by atoms with E-state index in [0.29, 0.717) is 11.6 Å². The number of carbonyl (C=O) groups is 1. The minimum Gasteiger partial charge on any atom is -0.488 e. The van der Waals surface area contributed by atoms with Crippen molar-refractivity contribution in [1.82, 2.24) is 0 Å². The Kier molecular flexibility index (Phi) is 8.79. The molecule has 0 radical (unpaired) electrons. The molecule has 5 nitrogen and oxygen atoms in total. The molecule has 0 amide bonds. The van der Waals surface area contributed by atoms with Gasteiger partial charge in [0.1, 0.15) is 11.6 Å². The van der Waals surface area contributed by atoms with Crippen molar-refractivity contribution in [2.45, 2.75) is 44.4 Å². The standard InChI is InChI=1S/C28H23F6NO4/c1-16(2)38-24-13-19(9-10-23(24)30)27(35-3,15-17-5-7-18(8-6-17)25(36)37-4)20-11-21(29)14-22(12-20)39-28(33,34)26(31)32/h5-14,16,26H,15H2,1-2,4H3. The van der Waals surface area contributed by atoms with Crippen LogP contribution in [0.4, 0.5) is 26.3 Å². The number of ether oxygens (including phenoxy) is 3. The van der Waals surface area contributed by atoms with Crippen LogP contribution in [0.1, 0.15) is 40.9 Å². The molecule has 3 rings (SSSR count). The highest BCUT2D eigenvalue weighted by molar-refractivity contribution is 5.89. The molecule has 0 spiro atoms. The lowest BCUT2D eigenvalue weighted by Gasteiger charge is -2.25. The lowest BCUT2D eigenvalue weighted by atomic mass is 9.78. The van der Waals surface area contributed by atoms with E-state index in [4.69, 9.17) is 11.3 Å². The van der Waals surface area contributed by atoms with Gasteiger partial charge in [-0.3, -0.25) is 4.85 Å². The molecule has 206 valence electrons. The molecule has 0 aliphatic heterocycles. The van der Waals surface area contributed by atoms with Gasteiger partial charge in [0.05, 0.1) is 25.2 Å². The summed E-state index contributed by atoms with van der Waals surface area (Å²) in [4.78, 5) is 15.5. The second-order valence-electron chi connectivity index (χ2n) is 8.79. The molecule has 0 aliphatic rings. The molecule has 0 aromatic heterocycles. The molecule has 0 saturated carbocycles. The summed E-state index contributed by atoms with van der Waals surface area (Å²) in [5, 5.41) is 0. The first-order chi connectivity index (χ1) is 18.3. The van der Waals surface area contributed by atoms with E-state index in [1.54, 1.807) is 13.8 Å². The van der Waals surface area contributed by atoms with Crippen molar-refractivity contribution in [3.05, 3.63) is 106 Å². The minimum absolute atomic E-state index is 0.101. The van der Waals surface area contributed by atoms with Gasteiger partial charge in [-0.05, 0) is 61.9 Å². The Morgan fingerprint density at radius 3 is 2.21 bits per heavy atom. The lowest BCUT2D eigenvalue weighted by molar-refractivity contribution is -0.253. The van der Waals surface area contributed by atoms with Crippen LogP contribution in [-0.4, -0.2) is 31.7 Å². The molecular weight excluding hydrogens is 528 g/mol. The number of hydrogen-bond acceptors (Lipinski definition) is 4. The van der Waals surface area contributed by atoms with Crippen LogP contribution < -0.4 is 9.47 Å². The fourth-order valence-electron chi connectivity index (χ4n) is 3.88. The predicted molar refractivity (Wildman–Crippen MR) is 129 cm³/mol. The van der Waals surface area contributed by atoms with Crippen LogP contribution >= 0.6 is 0 Å². The molecule has 11 heteroatoms. The van der Waals surface area contributed by atoms with Crippen molar-refractivity contribution in [3.8, 4) is 11.5 Å². The molecule has 1 unspecified atom stereocenters. The van der Waals surface area contributed by atoms with E-state index in [9.17, 15) is 31.1 Å². The van der Waals surface area contributed by atoms with Gasteiger partial charge in [0.25, 0.3) is 5.54 Å². The highest BCUT2D eigenvalue weighted by Gasteiger charge is 2.46. The maximum Gasteiger partial charge on any atom is 0.461 e. The zero-order valence-corrected chi connectivity index (χ0v) is 21.0. The topological polar surface area (TPSA) is 49.1 Å². The van der Waals surface area contributed by atoms with Gasteiger partial charge in [0, 0.05) is 17.2 Å². The van der Waals surface area contributed by atoms with Gasteiger partial charge in [-0.2, -0.15) is 17.6 Å². The summed E-state index contributed by atoms with van der Waals surface area (Å²) < 4.78 is 96.2. The molecule has 0 saturated heterocycles. The Morgan fingerprint density at radius 1 is 0.974 bits per heavy atom. The second kappa shape index (κ2) is 11.7. The number of esters is 1. The molecule has 0 aliphatic carbocycles. The third kappa shape index (κ3) is 6.63. The molecule has 0 bridgehead atoms. The van der Waals surface area contributed by atoms with Crippen molar-refractivity contribution in [1.29, 1.82) is 0 Å². The van der Waals surface area contributed by atoms with Gasteiger partial charge >= 0.3 is 18.5 Å². The Balaban J connectivity index is 2.22. The average Bonchev–Trinajstić information content (AvgIpc) is 2.87. The summed E-state index contributed by atoms with van der Waals surface area (Å²) in [6, 6.07) is 11.6. The highest BCUT2D eigenvalue weighted by atomic mass is 19.3. The van der Waals surface area contributed by atoms with E-state index in [1.807, 2.05) is 0 Å². The van der Waals surface area contributed by atoms with Crippen LogP contribution in [0.3, 0.4) is 0 Å². The van der Waals surface area contributed by atoms with E-state index < -0.39 is 47.5 Å². The number of alkyl halides is 4. The van der Waals surface area contributed by atoms with E-state index >= 15 is 0 Å². The van der Waals surface area contributed by atoms with Crippen LogP contribution in [-0.2, 0) is 16.7 Å². The molecule has 3 aromatic carbocycles. The summed E-state index contributed by atoms with van der Waals surface area (Å²) in [7, 11) is 1.20. The number of hydrogen-bond donors (Lipinski definition) is 0. The van der Waals surface area contributed by atoms with Gasteiger partial charge in [-0.15, -0.1) is 0 Å². The van der Waals surface area contributed by atoms with Crippen LogP contribution in [0.5, 0.6) is 11.5 Å². The first-order valence-corrected chi connectivity index (χ1v) is 11.5. The fourth-order valence-corrected chi connectivity index (χ4v) is 3.88. The molecule has 1 atom stereocenters. The van der Waals surface area contributed by atoms with Crippen molar-refractivity contribution >= 4 is 5.97 Å². The maximum absolute atomic E-state index is 14.7. The van der Waals surface area contributed by atoms with E-state index in [1.165, 1.54) is 43.5 Å². The number of carbonyl (C=O) groups excluding carboxylic acids is 1. The number of benzene rings is 3. The Morgan fingerprint density at radius 2 is 1.64 bits per heavy atom. The summed E-state index contributed by atoms with van der Waals surface area (Å²) in [6.07, 6.45) is -9.80. The Bertz CT molecular complexity index is 1370. The first kappa shape index (κ1) is 29.4. The second-order valence-corrected chi connectivity index (χ2v) is 8.79. The number of halogens is 6. The van der Waals surface area contributed by atoms with Gasteiger partial charge in [-0.1, -0.05) is 12.1 Å². The maximum atomic E-state index is 14.7. The average molecular weight is 551 g/mol. The first-order valence-electron chi connectivity index (χ1n) is 11.5. The predicted octanol–water partition coefficient (Wildman–Crippen LogP) is 7.18. The normalized spacial score (nSPS) is 13.1. The molecule has 3 aromatic rings. The van der Waals surface area contributed by atoms with Crippen LogP contribution in [0.2, 0.25) is 0 Å². The third-order valence-corrected chi connectivity index (χ3v) is 5.65. The highest BCUT2D eigenvalue weighted by Crippen LogP contribution is 2.42. The monoisotopic (exact) mass is 551 g/mol. The van der Waals surface area contributed by atoms with E-state index in [2.05, 4.69) is 14.3 Å². The van der Waals surface area contributed by atoms with E-state index in [0.717, 1.165) is 18.2 Å². The number of nitrogens with zero attached hydrogens (tertiary/aromatic N) is 1. The molecule has 0 heterocycles. The number of methoxy groups -OCH3 is 1. The summed E-state index contributed by atoms with van der Waals surface area (Å²) in [6.45, 7) is 11.4. The molecule has 0 fully saturated rings. The number of rotatable bonds is 10. The summed E-state index contributed by atoms with van der Waals surface area (Å²) >= 11 is 0. The molecular formula is C28H23F6NO4. The van der Waals surface area contributed by atoms with Gasteiger partial charge in [0.2, 0.25) is 0 Å². The van der Waals surface area contributed by atoms with Gasteiger partial charge in [0.15, 0.2) is 11.6 Å². The zero-order valence-electron chi connectivity index (χ0n) is 21.0. The lowest BCUT2D eigenvalue weighted by Crippen LogP contribution is -2.34. The van der Waals surface area contributed by atoms with Crippen molar-refractivity contribution in [2.75, 3.05) is 7.11 Å². The quantitative estimate of drug-likeness (QED) is 0.152. The van der Waals surface area contributed by atoms with Crippen LogP contribution in [0.25, 0.3) is 4.85 Å². The smallest absolute Gasteiger partial charge is 0.461 e. The molecule has 39 heavy (non-hydrogen) atoms. The Labute approximate surface area is 220 Å². The zero-order chi connectivity index (χ0) is 29.0. The summed E-state index contributed by atoms with van der Waals surface area (Å²) in [5.41, 5.74) is -1.37. The van der Waals surface area contributed by atoms with Crippen molar-refractivity contribution in [2.24, 2.45) is 0 Å². The minimum atomic E-state index is -4.93. The van der Waals surface area contributed by atoms with Gasteiger partial charge in [-0.25, -0.2) is 20.1 Å². The van der Waals surface area contributed by atoms with Gasteiger partial charge < -0.3 is 14.2 Å². The third-order valence-electron chi connectivity index (χ3n) is 5.65. The van der Waals surface area contributed by atoms with E-state index in [-0.39, 0.29) is 28.9 Å². The SMILES string of the molecule is [C-]#[N+]C(Cc1ccc(C(=O)OC)cc1)(c1cc(F)cc(OC(F)(F)C(F)F)c1)c1ccc(F)c(OC(C)C)c1. The van der Waals surface area contributed by atoms with Crippen LogP contribution in [0.15, 0.2) is 60.7 Å². The van der Waals surface area contributed by atoms with Crippen molar-refractivity contribution in [3.63, 3.8) is 0 Å². The Hall–Kier alpha value is -4.20. The fraction of sp³-hybridized carbons (Fsp3) is 0.286. The van der Waals surface area contributed by atoms with Crippen molar-refractivity contribution < 1.29 is 45.3 Å².